The molecular weight excluding hydrogens is 114 g/mol. The molecule has 0 unspecified atom stereocenters. The summed E-state index contributed by atoms with van der Waals surface area (Å²) in [5.74, 6) is 4.81. The van der Waals surface area contributed by atoms with Crippen LogP contribution < -0.4 is 5.90 Å². The first kappa shape index (κ1) is 10.2. The van der Waals surface area contributed by atoms with E-state index in [0.29, 0.717) is 0 Å². The molecule has 0 bridgehead atoms. The van der Waals surface area contributed by atoms with E-state index in [9.17, 15) is 0 Å². The Hall–Kier alpha value is 0.210. The van der Waals surface area contributed by atoms with Gasteiger partial charge in [0.2, 0.25) is 0 Å². The van der Waals surface area contributed by atoms with E-state index in [4.69, 9.17) is 5.90 Å². The largest absolute Gasteiger partial charge is 0.299 e. The fourth-order valence-electron chi connectivity index (χ4n) is 0. The Morgan fingerprint density at radius 1 is 1.29 bits per heavy atom. The van der Waals surface area contributed by atoms with Crippen LogP contribution in [0.3, 0.4) is 0 Å². The first-order valence-electron chi connectivity index (χ1n) is 1.94. The van der Waals surface area contributed by atoms with Gasteiger partial charge in [0.15, 0.2) is 0 Å². The van der Waals surface area contributed by atoms with Gasteiger partial charge in [0.1, 0.15) is 0 Å². The lowest BCUT2D eigenvalue weighted by atomic mass is 10.2. The predicted molar refractivity (Wildman–Crippen MR) is 32.3 cm³/mol. The summed E-state index contributed by atoms with van der Waals surface area (Å²) in [6.07, 6.45) is 0. The topological polar surface area (TPSA) is 35.2 Å². The highest BCUT2D eigenvalue weighted by Gasteiger charge is 2.05. The van der Waals surface area contributed by atoms with E-state index in [0.717, 1.165) is 0 Å². The minimum Gasteiger partial charge on any atom is -0.299 e. The predicted octanol–water partition coefficient (Wildman–Crippen LogP) is 1.10. The van der Waals surface area contributed by atoms with Crippen molar-refractivity contribution in [1.29, 1.82) is 0 Å². The van der Waals surface area contributed by atoms with Crippen LogP contribution in [0.4, 0.5) is 0 Å². The quantitative estimate of drug-likeness (QED) is 0.492. The molecule has 0 saturated heterocycles. The third kappa shape index (κ3) is 10.7. The first-order chi connectivity index (χ1) is 2.56. The van der Waals surface area contributed by atoms with Crippen molar-refractivity contribution in [2.24, 2.45) is 5.90 Å². The molecule has 0 fully saturated rings. The average Bonchev–Trinajstić information content (AvgIpc) is 1.35. The molecule has 2 N–H and O–H groups in total. The minimum absolute atomic E-state index is 0. The summed E-state index contributed by atoms with van der Waals surface area (Å²) in [4.78, 5) is 4.44. The summed E-state index contributed by atoms with van der Waals surface area (Å²) in [7, 11) is 0. The highest BCUT2D eigenvalue weighted by Crippen LogP contribution is 2.00. The number of rotatable bonds is 0. The van der Waals surface area contributed by atoms with Gasteiger partial charge in [-0.05, 0) is 20.8 Å². The molecular formula is C4H12ClNO. The van der Waals surface area contributed by atoms with Crippen LogP contribution in [0, 0.1) is 0 Å². The van der Waals surface area contributed by atoms with E-state index < -0.39 is 0 Å². The van der Waals surface area contributed by atoms with Gasteiger partial charge in [-0.1, -0.05) is 0 Å². The van der Waals surface area contributed by atoms with Gasteiger partial charge in [-0.3, -0.25) is 4.84 Å². The van der Waals surface area contributed by atoms with Gasteiger partial charge in [-0.2, -0.15) is 0 Å². The maximum atomic E-state index is 4.81. The van der Waals surface area contributed by atoms with Gasteiger partial charge >= 0.3 is 0 Å². The lowest BCUT2D eigenvalue weighted by Crippen LogP contribution is -2.22. The van der Waals surface area contributed by atoms with Crippen molar-refractivity contribution in [3.05, 3.63) is 0 Å². The van der Waals surface area contributed by atoms with E-state index in [1.807, 2.05) is 20.8 Å². The molecule has 0 heterocycles. The first-order valence-corrected chi connectivity index (χ1v) is 1.94. The smallest absolute Gasteiger partial charge is 0.0810 e. The molecule has 7 heavy (non-hydrogen) atoms. The van der Waals surface area contributed by atoms with Gasteiger partial charge in [0.25, 0.3) is 0 Å². The van der Waals surface area contributed by atoms with Crippen LogP contribution in [0.15, 0.2) is 0 Å². The minimum atomic E-state index is -0.181. The van der Waals surface area contributed by atoms with Gasteiger partial charge in [-0.15, -0.1) is 12.4 Å². The second-order valence-corrected chi connectivity index (χ2v) is 2.23. The van der Waals surface area contributed by atoms with Crippen LogP contribution in [0.2, 0.25) is 0 Å². The molecule has 0 amide bonds. The Morgan fingerprint density at radius 2 is 1.43 bits per heavy atom. The van der Waals surface area contributed by atoms with E-state index >= 15 is 0 Å². The second-order valence-electron chi connectivity index (χ2n) is 2.23. The fourth-order valence-corrected chi connectivity index (χ4v) is 0. The summed E-state index contributed by atoms with van der Waals surface area (Å²) in [6, 6.07) is 0. The zero-order valence-electron chi connectivity index (χ0n) is 4.89. The van der Waals surface area contributed by atoms with Crippen LogP contribution in [0.5, 0.6) is 0 Å². The molecule has 0 aliphatic carbocycles. The Morgan fingerprint density at radius 3 is 1.43 bits per heavy atom. The van der Waals surface area contributed by atoms with Crippen molar-refractivity contribution in [1.82, 2.24) is 0 Å². The second kappa shape index (κ2) is 3.24. The summed E-state index contributed by atoms with van der Waals surface area (Å²) in [5.41, 5.74) is -0.181. The zero-order chi connectivity index (χ0) is 5.21. The number of hydrogen-bond acceptors (Lipinski definition) is 2. The normalized spacial score (nSPS) is 10.3. The van der Waals surface area contributed by atoms with Gasteiger partial charge in [0.05, 0.1) is 5.60 Å². The van der Waals surface area contributed by atoms with Crippen LogP contribution in [-0.2, 0) is 4.84 Å². The summed E-state index contributed by atoms with van der Waals surface area (Å²) in [6.45, 7) is 5.69. The number of nitrogens with two attached hydrogens (primary N) is 1. The molecule has 0 rings (SSSR count). The lowest BCUT2D eigenvalue weighted by molar-refractivity contribution is -0.00428. The zero-order valence-corrected chi connectivity index (χ0v) is 5.71. The number of hydrogen-bond donors (Lipinski definition) is 1. The molecule has 2 nitrogen and oxygen atoms in total. The Kier molecular flexibility index (Phi) is 4.75. The van der Waals surface area contributed by atoms with Crippen LogP contribution in [0.1, 0.15) is 20.8 Å². The molecule has 3 heteroatoms. The third-order valence-electron chi connectivity index (χ3n) is 0.354. The summed E-state index contributed by atoms with van der Waals surface area (Å²) >= 11 is 0. The van der Waals surface area contributed by atoms with Crippen LogP contribution >= 0.6 is 12.4 Å². The Labute approximate surface area is 50.4 Å². The molecule has 0 aromatic heterocycles. The van der Waals surface area contributed by atoms with Crippen molar-refractivity contribution in [3.63, 3.8) is 0 Å². The molecule has 46 valence electrons. The molecule has 0 spiro atoms. The average molecular weight is 126 g/mol. The monoisotopic (exact) mass is 125 g/mol. The van der Waals surface area contributed by atoms with Crippen molar-refractivity contribution < 1.29 is 4.84 Å². The highest BCUT2D eigenvalue weighted by molar-refractivity contribution is 5.85. The molecule has 0 radical (unpaired) electrons. The van der Waals surface area contributed by atoms with Crippen LogP contribution in [-0.4, -0.2) is 5.60 Å². The Bertz CT molecular complexity index is 41.4. The molecule has 0 aromatic carbocycles. The van der Waals surface area contributed by atoms with Gasteiger partial charge in [-0.25, -0.2) is 5.90 Å². The van der Waals surface area contributed by atoms with Crippen molar-refractivity contribution in [2.45, 2.75) is 26.4 Å². The maximum Gasteiger partial charge on any atom is 0.0810 e. The maximum absolute atomic E-state index is 4.81. The van der Waals surface area contributed by atoms with E-state index in [-0.39, 0.29) is 18.0 Å². The highest BCUT2D eigenvalue weighted by atomic mass is 35.5. The third-order valence-corrected chi connectivity index (χ3v) is 0.354. The van der Waals surface area contributed by atoms with Crippen molar-refractivity contribution >= 4 is 12.4 Å². The molecule has 0 saturated carbocycles. The van der Waals surface area contributed by atoms with Gasteiger partial charge in [0, 0.05) is 0 Å². The van der Waals surface area contributed by atoms with Gasteiger partial charge < -0.3 is 0 Å². The van der Waals surface area contributed by atoms with E-state index in [1.165, 1.54) is 0 Å². The van der Waals surface area contributed by atoms with Crippen molar-refractivity contribution in [2.75, 3.05) is 0 Å². The van der Waals surface area contributed by atoms with Crippen LogP contribution in [0.25, 0.3) is 0 Å². The van der Waals surface area contributed by atoms with E-state index in [1.54, 1.807) is 0 Å². The standard InChI is InChI=1S/C4H11NO.ClH/c1-4(2,3)6-5;/h5H2,1-3H3;1H. The number of halogens is 1. The SMILES string of the molecule is CC(C)(C)ON.Cl. The van der Waals surface area contributed by atoms with E-state index in [2.05, 4.69) is 4.84 Å². The molecule has 0 aromatic rings. The lowest BCUT2D eigenvalue weighted by Gasteiger charge is -2.12. The summed E-state index contributed by atoms with van der Waals surface area (Å²) < 4.78 is 0. The molecule has 0 aliphatic heterocycles. The molecule has 0 aliphatic rings. The Balaban J connectivity index is 0. The fraction of sp³-hybridized carbons (Fsp3) is 1.00. The molecule has 0 atom stereocenters. The van der Waals surface area contributed by atoms with Crippen molar-refractivity contribution in [3.8, 4) is 0 Å². The summed E-state index contributed by atoms with van der Waals surface area (Å²) in [5, 5.41) is 0.